The van der Waals surface area contributed by atoms with Crippen molar-refractivity contribution in [3.05, 3.63) is 0 Å². The van der Waals surface area contributed by atoms with Gasteiger partial charge in [0.05, 0.1) is 12.1 Å². The lowest BCUT2D eigenvalue weighted by Gasteiger charge is -2.27. The molecular formula is C14H26N2O2. The summed E-state index contributed by atoms with van der Waals surface area (Å²) < 4.78 is 0. The summed E-state index contributed by atoms with van der Waals surface area (Å²) in [5.41, 5.74) is -0.662. The predicted octanol–water partition coefficient (Wildman–Crippen LogP) is 1.28. The second-order valence-electron chi connectivity index (χ2n) is 6.06. The van der Waals surface area contributed by atoms with E-state index in [1.54, 1.807) is 0 Å². The Labute approximate surface area is 110 Å². The van der Waals surface area contributed by atoms with E-state index >= 15 is 0 Å². The molecule has 0 saturated heterocycles. The van der Waals surface area contributed by atoms with Gasteiger partial charge in [0.25, 0.3) is 0 Å². The third-order valence-electron chi connectivity index (χ3n) is 4.21. The Bertz CT molecular complexity index is 282. The monoisotopic (exact) mass is 254 g/mol. The minimum Gasteiger partial charge on any atom is -0.388 e. The summed E-state index contributed by atoms with van der Waals surface area (Å²) in [6.07, 6.45) is 8.66. The van der Waals surface area contributed by atoms with Gasteiger partial charge in [0, 0.05) is 12.6 Å². The van der Waals surface area contributed by atoms with Gasteiger partial charge in [-0.3, -0.25) is 9.69 Å². The molecule has 0 aliphatic heterocycles. The standard InChI is InChI=1S/C14H26N2O2/c1-16(12-6-7-12)10-13(17)15-11-14(18)8-4-2-3-5-9-14/h12,18H,2-11H2,1H3,(H,15,17). The van der Waals surface area contributed by atoms with Crippen LogP contribution in [0.5, 0.6) is 0 Å². The van der Waals surface area contributed by atoms with E-state index in [1.165, 1.54) is 25.7 Å². The lowest BCUT2D eigenvalue weighted by atomic mass is 9.94. The Morgan fingerprint density at radius 3 is 2.44 bits per heavy atom. The van der Waals surface area contributed by atoms with E-state index in [-0.39, 0.29) is 5.91 Å². The van der Waals surface area contributed by atoms with Crippen LogP contribution < -0.4 is 5.32 Å². The highest BCUT2D eigenvalue weighted by Gasteiger charge is 2.30. The van der Waals surface area contributed by atoms with E-state index in [0.29, 0.717) is 19.1 Å². The van der Waals surface area contributed by atoms with Gasteiger partial charge in [-0.1, -0.05) is 25.7 Å². The summed E-state index contributed by atoms with van der Waals surface area (Å²) in [4.78, 5) is 13.9. The highest BCUT2D eigenvalue weighted by Crippen LogP contribution is 2.26. The summed E-state index contributed by atoms with van der Waals surface area (Å²) in [6, 6.07) is 0.608. The van der Waals surface area contributed by atoms with E-state index in [9.17, 15) is 9.90 Å². The molecule has 2 N–H and O–H groups in total. The molecule has 0 radical (unpaired) electrons. The molecule has 0 aromatic heterocycles. The smallest absolute Gasteiger partial charge is 0.234 e. The van der Waals surface area contributed by atoms with Gasteiger partial charge in [-0.15, -0.1) is 0 Å². The number of nitrogens with one attached hydrogen (secondary N) is 1. The Morgan fingerprint density at radius 2 is 1.89 bits per heavy atom. The largest absolute Gasteiger partial charge is 0.388 e. The molecule has 0 aromatic rings. The Morgan fingerprint density at radius 1 is 1.28 bits per heavy atom. The molecule has 0 spiro atoms. The second kappa shape index (κ2) is 6.02. The molecular weight excluding hydrogens is 228 g/mol. The van der Waals surface area contributed by atoms with Crippen LogP contribution in [0.4, 0.5) is 0 Å². The average Bonchev–Trinajstić information content (AvgIpc) is 3.14. The molecule has 4 heteroatoms. The number of nitrogens with zero attached hydrogens (tertiary/aromatic N) is 1. The number of carbonyl (C=O) groups is 1. The van der Waals surface area contributed by atoms with Crippen LogP contribution in [0, 0.1) is 0 Å². The SMILES string of the molecule is CN(CC(=O)NCC1(O)CCCCCC1)C1CC1. The van der Waals surface area contributed by atoms with Crippen molar-refractivity contribution in [2.75, 3.05) is 20.1 Å². The minimum absolute atomic E-state index is 0.0436. The number of likely N-dealkylation sites (N-methyl/N-ethyl adjacent to an activating group) is 1. The van der Waals surface area contributed by atoms with E-state index < -0.39 is 5.60 Å². The van der Waals surface area contributed by atoms with Crippen molar-refractivity contribution in [1.82, 2.24) is 10.2 Å². The molecule has 0 aromatic carbocycles. The van der Waals surface area contributed by atoms with Gasteiger partial charge in [-0.25, -0.2) is 0 Å². The summed E-state index contributed by atoms with van der Waals surface area (Å²) in [5.74, 6) is 0.0436. The van der Waals surface area contributed by atoms with Crippen LogP contribution >= 0.6 is 0 Å². The normalized spacial score (nSPS) is 23.7. The number of rotatable bonds is 5. The molecule has 2 fully saturated rings. The third kappa shape index (κ3) is 4.25. The molecule has 18 heavy (non-hydrogen) atoms. The summed E-state index contributed by atoms with van der Waals surface area (Å²) in [6.45, 7) is 0.880. The molecule has 2 aliphatic carbocycles. The van der Waals surface area contributed by atoms with E-state index in [0.717, 1.165) is 25.7 Å². The van der Waals surface area contributed by atoms with E-state index in [2.05, 4.69) is 10.2 Å². The number of hydrogen-bond donors (Lipinski definition) is 2. The van der Waals surface area contributed by atoms with Crippen molar-refractivity contribution in [3.63, 3.8) is 0 Å². The predicted molar refractivity (Wildman–Crippen MR) is 71.3 cm³/mol. The third-order valence-corrected chi connectivity index (χ3v) is 4.21. The number of carbonyl (C=O) groups excluding carboxylic acids is 1. The van der Waals surface area contributed by atoms with Crippen LogP contribution in [0.25, 0.3) is 0 Å². The summed E-state index contributed by atoms with van der Waals surface area (Å²) in [5, 5.41) is 13.3. The minimum atomic E-state index is -0.662. The Hall–Kier alpha value is -0.610. The molecule has 2 rings (SSSR count). The highest BCUT2D eigenvalue weighted by atomic mass is 16.3. The first-order valence-electron chi connectivity index (χ1n) is 7.28. The molecule has 4 nitrogen and oxygen atoms in total. The van der Waals surface area contributed by atoms with E-state index in [1.807, 2.05) is 7.05 Å². The first kappa shape index (κ1) is 13.8. The topological polar surface area (TPSA) is 52.6 Å². The lowest BCUT2D eigenvalue weighted by Crippen LogP contribution is -2.45. The van der Waals surface area contributed by atoms with Gasteiger partial charge in [-0.2, -0.15) is 0 Å². The number of amides is 1. The van der Waals surface area contributed by atoms with Crippen LogP contribution in [-0.4, -0.2) is 47.7 Å². The summed E-state index contributed by atoms with van der Waals surface area (Å²) >= 11 is 0. The number of aliphatic hydroxyl groups is 1. The van der Waals surface area contributed by atoms with Crippen molar-refractivity contribution < 1.29 is 9.90 Å². The maximum Gasteiger partial charge on any atom is 0.234 e. The zero-order chi connectivity index (χ0) is 13.0. The first-order chi connectivity index (χ1) is 8.59. The molecule has 2 saturated carbocycles. The molecule has 0 atom stereocenters. The first-order valence-corrected chi connectivity index (χ1v) is 7.28. The number of hydrogen-bond acceptors (Lipinski definition) is 3. The summed E-state index contributed by atoms with van der Waals surface area (Å²) in [7, 11) is 2.00. The van der Waals surface area contributed by atoms with Crippen molar-refractivity contribution >= 4 is 5.91 Å². The molecule has 1 amide bonds. The Balaban J connectivity index is 1.70. The molecule has 0 unspecified atom stereocenters. The molecule has 0 heterocycles. The van der Waals surface area contributed by atoms with E-state index in [4.69, 9.17) is 0 Å². The van der Waals surface area contributed by atoms with Gasteiger partial charge in [0.2, 0.25) is 5.91 Å². The van der Waals surface area contributed by atoms with Crippen molar-refractivity contribution in [1.29, 1.82) is 0 Å². The van der Waals surface area contributed by atoms with Crippen LogP contribution in [-0.2, 0) is 4.79 Å². The van der Waals surface area contributed by atoms with Gasteiger partial charge < -0.3 is 10.4 Å². The lowest BCUT2D eigenvalue weighted by molar-refractivity contribution is -0.123. The van der Waals surface area contributed by atoms with Crippen LogP contribution in [0.2, 0.25) is 0 Å². The average molecular weight is 254 g/mol. The van der Waals surface area contributed by atoms with Crippen LogP contribution in [0.3, 0.4) is 0 Å². The van der Waals surface area contributed by atoms with Crippen molar-refractivity contribution in [3.8, 4) is 0 Å². The van der Waals surface area contributed by atoms with Crippen molar-refractivity contribution in [2.45, 2.75) is 63.0 Å². The Kier molecular flexibility index (Phi) is 4.62. The van der Waals surface area contributed by atoms with Crippen LogP contribution in [0.1, 0.15) is 51.4 Å². The maximum absolute atomic E-state index is 11.8. The second-order valence-corrected chi connectivity index (χ2v) is 6.06. The van der Waals surface area contributed by atoms with Crippen molar-refractivity contribution in [2.24, 2.45) is 0 Å². The molecule has 2 aliphatic rings. The van der Waals surface area contributed by atoms with Gasteiger partial charge in [0.15, 0.2) is 0 Å². The zero-order valence-electron chi connectivity index (χ0n) is 11.5. The maximum atomic E-state index is 11.8. The quantitative estimate of drug-likeness (QED) is 0.727. The van der Waals surface area contributed by atoms with Crippen LogP contribution in [0.15, 0.2) is 0 Å². The van der Waals surface area contributed by atoms with Gasteiger partial charge in [0.1, 0.15) is 0 Å². The highest BCUT2D eigenvalue weighted by molar-refractivity contribution is 5.78. The van der Waals surface area contributed by atoms with Gasteiger partial charge >= 0.3 is 0 Å². The fourth-order valence-corrected chi connectivity index (χ4v) is 2.75. The molecule has 0 bridgehead atoms. The zero-order valence-corrected chi connectivity index (χ0v) is 11.5. The molecule has 104 valence electrons. The van der Waals surface area contributed by atoms with Gasteiger partial charge in [-0.05, 0) is 32.7 Å². The fourth-order valence-electron chi connectivity index (χ4n) is 2.75. The fraction of sp³-hybridized carbons (Fsp3) is 0.929.